The maximum absolute atomic E-state index is 14.0. The summed E-state index contributed by atoms with van der Waals surface area (Å²) in [7, 11) is 0. The van der Waals surface area contributed by atoms with Crippen molar-refractivity contribution in [1.82, 2.24) is 5.32 Å². The molecule has 2 rings (SSSR count). The van der Waals surface area contributed by atoms with E-state index in [1.807, 2.05) is 0 Å². The highest BCUT2D eigenvalue weighted by Gasteiger charge is 2.28. The van der Waals surface area contributed by atoms with Gasteiger partial charge in [0, 0.05) is 6.04 Å². The molecular weight excluding hydrogens is 215 g/mol. The van der Waals surface area contributed by atoms with Crippen molar-refractivity contribution >= 4 is 0 Å². The molecule has 1 aromatic carbocycles. The minimum Gasteiger partial charge on any atom is -0.311 e. The van der Waals surface area contributed by atoms with Crippen LogP contribution in [0.4, 0.5) is 13.2 Å². The molecule has 0 bridgehead atoms. The van der Waals surface area contributed by atoms with E-state index >= 15 is 0 Å². The third-order valence-electron chi connectivity index (χ3n) is 2.98. The number of hydrogen-bond donors (Lipinski definition) is 1. The molecule has 1 fully saturated rings. The van der Waals surface area contributed by atoms with Crippen molar-refractivity contribution in [2.75, 3.05) is 6.54 Å². The van der Waals surface area contributed by atoms with Crippen LogP contribution in [0.1, 0.15) is 31.0 Å². The van der Waals surface area contributed by atoms with Crippen LogP contribution in [0.3, 0.4) is 0 Å². The molecule has 1 nitrogen and oxygen atoms in total. The minimum atomic E-state index is -1.61. The smallest absolute Gasteiger partial charge is 0.146 e. The second-order valence-corrected chi connectivity index (χ2v) is 4.09. The van der Waals surface area contributed by atoms with Gasteiger partial charge in [0.25, 0.3) is 0 Å². The van der Waals surface area contributed by atoms with E-state index in [-0.39, 0.29) is 0 Å². The molecule has 1 heterocycles. The van der Waals surface area contributed by atoms with E-state index in [1.165, 1.54) is 6.07 Å². The summed E-state index contributed by atoms with van der Waals surface area (Å²) < 4.78 is 40.7. The molecule has 1 saturated heterocycles. The summed E-state index contributed by atoms with van der Waals surface area (Å²) in [4.78, 5) is 0. The Bertz CT molecular complexity index is 341. The molecule has 4 heteroatoms. The average molecular weight is 229 g/mol. The van der Waals surface area contributed by atoms with Crippen LogP contribution in [-0.2, 0) is 0 Å². The summed E-state index contributed by atoms with van der Waals surface area (Å²) in [6.07, 6.45) is 0.896. The van der Waals surface area contributed by atoms with Crippen LogP contribution in [0.5, 0.6) is 0 Å². The van der Waals surface area contributed by atoms with Crippen LogP contribution in [0.15, 0.2) is 18.2 Å². The van der Waals surface area contributed by atoms with E-state index < -0.39 is 29.4 Å². The van der Waals surface area contributed by atoms with Crippen molar-refractivity contribution in [3.8, 4) is 0 Å². The minimum absolute atomic E-state index is 0.443. The number of piperidine rings is 1. The van der Waals surface area contributed by atoms with Gasteiger partial charge in [0.1, 0.15) is 17.8 Å². The third-order valence-corrected chi connectivity index (χ3v) is 2.98. The zero-order chi connectivity index (χ0) is 11.5. The monoisotopic (exact) mass is 229 g/mol. The molecule has 0 aliphatic carbocycles. The zero-order valence-electron chi connectivity index (χ0n) is 8.85. The van der Waals surface area contributed by atoms with Gasteiger partial charge in [-0.25, -0.2) is 13.2 Å². The lowest BCUT2D eigenvalue weighted by atomic mass is 9.95. The molecule has 1 aromatic rings. The fraction of sp³-hybridized carbons (Fsp3) is 0.500. The van der Waals surface area contributed by atoms with Gasteiger partial charge in [0.15, 0.2) is 0 Å². The Balaban J connectivity index is 2.22. The van der Waals surface area contributed by atoms with Gasteiger partial charge in [-0.1, -0.05) is 12.5 Å². The molecule has 0 aromatic heterocycles. The van der Waals surface area contributed by atoms with Crippen LogP contribution in [0, 0.1) is 11.6 Å². The Morgan fingerprint density at radius 1 is 1.19 bits per heavy atom. The van der Waals surface area contributed by atoms with Gasteiger partial charge in [-0.3, -0.25) is 0 Å². The summed E-state index contributed by atoms with van der Waals surface area (Å²) in [6, 6.07) is 2.96. The van der Waals surface area contributed by atoms with E-state index in [4.69, 9.17) is 0 Å². The van der Waals surface area contributed by atoms with Crippen molar-refractivity contribution < 1.29 is 13.2 Å². The van der Waals surface area contributed by atoms with Gasteiger partial charge in [-0.15, -0.1) is 0 Å². The van der Waals surface area contributed by atoms with Crippen molar-refractivity contribution in [2.45, 2.75) is 31.5 Å². The Morgan fingerprint density at radius 2 is 1.88 bits per heavy atom. The first-order valence-corrected chi connectivity index (χ1v) is 5.51. The number of alkyl halides is 1. The molecule has 2 unspecified atom stereocenters. The number of halogens is 3. The van der Waals surface area contributed by atoms with Gasteiger partial charge in [0.05, 0.1) is 5.56 Å². The first kappa shape index (κ1) is 11.5. The predicted octanol–water partition coefficient (Wildman–Crippen LogP) is 3.12. The van der Waals surface area contributed by atoms with Crippen LogP contribution in [0.25, 0.3) is 0 Å². The molecule has 1 N–H and O–H groups in total. The van der Waals surface area contributed by atoms with Gasteiger partial charge < -0.3 is 5.32 Å². The second-order valence-electron chi connectivity index (χ2n) is 4.09. The molecular formula is C12H14F3N. The molecule has 16 heavy (non-hydrogen) atoms. The number of nitrogens with one attached hydrogen (secondary N) is 1. The number of benzene rings is 1. The number of rotatable bonds is 2. The highest BCUT2D eigenvalue weighted by molar-refractivity contribution is 5.23. The molecule has 0 spiro atoms. The largest absolute Gasteiger partial charge is 0.311 e. The van der Waals surface area contributed by atoms with E-state index in [9.17, 15) is 13.2 Å². The average Bonchev–Trinajstić information content (AvgIpc) is 2.30. The lowest BCUT2D eigenvalue weighted by Crippen LogP contribution is -2.37. The maximum atomic E-state index is 14.0. The Labute approximate surface area is 92.7 Å². The Kier molecular flexibility index (Phi) is 3.49. The summed E-state index contributed by atoms with van der Waals surface area (Å²) in [5, 5.41) is 2.96. The lowest BCUT2D eigenvalue weighted by molar-refractivity contribution is 0.210. The normalized spacial score (nSPS) is 23.1. The quantitative estimate of drug-likeness (QED) is 0.821. The molecule has 88 valence electrons. The van der Waals surface area contributed by atoms with E-state index in [0.717, 1.165) is 25.0 Å². The Morgan fingerprint density at radius 3 is 2.44 bits per heavy atom. The fourth-order valence-corrected chi connectivity index (χ4v) is 2.10. The van der Waals surface area contributed by atoms with Crippen LogP contribution >= 0.6 is 0 Å². The SMILES string of the molecule is Fc1cccc(F)c1C(F)C1CCCCN1. The second kappa shape index (κ2) is 4.87. The standard InChI is InChI=1S/C12H14F3N/c13-8-4-3-5-9(14)11(8)12(15)10-6-1-2-7-16-10/h3-5,10,12,16H,1-2,6-7H2. The summed E-state index contributed by atoms with van der Waals surface area (Å²) in [5.74, 6) is -1.61. The summed E-state index contributed by atoms with van der Waals surface area (Å²) in [5.41, 5.74) is -0.443. The van der Waals surface area contributed by atoms with E-state index in [0.29, 0.717) is 13.0 Å². The first-order valence-electron chi connectivity index (χ1n) is 5.51. The molecule has 0 amide bonds. The van der Waals surface area contributed by atoms with Crippen molar-refractivity contribution in [1.29, 1.82) is 0 Å². The first-order chi connectivity index (χ1) is 7.70. The third kappa shape index (κ3) is 2.21. The van der Waals surface area contributed by atoms with Crippen molar-refractivity contribution in [2.24, 2.45) is 0 Å². The van der Waals surface area contributed by atoms with Crippen molar-refractivity contribution in [3.63, 3.8) is 0 Å². The van der Waals surface area contributed by atoms with Crippen LogP contribution in [0.2, 0.25) is 0 Å². The highest BCUT2D eigenvalue weighted by atomic mass is 19.2. The maximum Gasteiger partial charge on any atom is 0.146 e. The summed E-state index contributed by atoms with van der Waals surface area (Å²) in [6.45, 7) is 0.709. The number of hydrogen-bond acceptors (Lipinski definition) is 1. The highest BCUT2D eigenvalue weighted by Crippen LogP contribution is 2.30. The zero-order valence-corrected chi connectivity index (χ0v) is 8.85. The predicted molar refractivity (Wildman–Crippen MR) is 55.8 cm³/mol. The molecule has 1 aliphatic heterocycles. The van der Waals surface area contributed by atoms with Gasteiger partial charge in [-0.05, 0) is 31.5 Å². The molecule has 0 saturated carbocycles. The van der Waals surface area contributed by atoms with Gasteiger partial charge >= 0.3 is 0 Å². The molecule has 0 radical (unpaired) electrons. The van der Waals surface area contributed by atoms with Crippen molar-refractivity contribution in [3.05, 3.63) is 35.4 Å². The van der Waals surface area contributed by atoms with Gasteiger partial charge in [0.2, 0.25) is 0 Å². The lowest BCUT2D eigenvalue weighted by Gasteiger charge is -2.27. The summed E-state index contributed by atoms with van der Waals surface area (Å²) >= 11 is 0. The van der Waals surface area contributed by atoms with Crippen LogP contribution in [-0.4, -0.2) is 12.6 Å². The fourth-order valence-electron chi connectivity index (χ4n) is 2.10. The topological polar surface area (TPSA) is 12.0 Å². The molecule has 2 atom stereocenters. The van der Waals surface area contributed by atoms with Gasteiger partial charge in [-0.2, -0.15) is 0 Å². The van der Waals surface area contributed by atoms with Crippen LogP contribution < -0.4 is 5.32 Å². The Hall–Kier alpha value is -1.03. The molecule has 1 aliphatic rings. The van der Waals surface area contributed by atoms with E-state index in [2.05, 4.69) is 5.32 Å². The van der Waals surface area contributed by atoms with E-state index in [1.54, 1.807) is 0 Å².